The highest BCUT2D eigenvalue weighted by molar-refractivity contribution is 9.10. The quantitative estimate of drug-likeness (QED) is 0.833. The average molecular weight is 318 g/mol. The van der Waals surface area contributed by atoms with Crippen molar-refractivity contribution in [1.29, 1.82) is 0 Å². The molecule has 98 valence electrons. The van der Waals surface area contributed by atoms with Gasteiger partial charge in [-0.05, 0) is 31.4 Å². The molecule has 1 aliphatic heterocycles. The van der Waals surface area contributed by atoms with Gasteiger partial charge in [-0.1, -0.05) is 57.9 Å². The maximum Gasteiger partial charge on any atom is 0.242 e. The first-order valence-corrected chi connectivity index (χ1v) is 7.31. The van der Waals surface area contributed by atoms with Crippen LogP contribution in [0.3, 0.4) is 0 Å². The number of carbonyl (C=O) groups is 1. The predicted molar refractivity (Wildman–Crippen MR) is 80.0 cm³/mol. The first-order chi connectivity index (χ1) is 9.09. The number of benzene rings is 1. The van der Waals surface area contributed by atoms with Crippen molar-refractivity contribution in [3.63, 3.8) is 0 Å². The van der Waals surface area contributed by atoms with Gasteiger partial charge >= 0.3 is 0 Å². The number of rotatable bonds is 2. The van der Waals surface area contributed by atoms with Crippen LogP contribution in [0, 0.1) is 12.8 Å². The van der Waals surface area contributed by atoms with Crippen molar-refractivity contribution in [3.05, 3.63) is 59.3 Å². The molecule has 1 fully saturated rings. The van der Waals surface area contributed by atoms with Crippen molar-refractivity contribution in [2.24, 2.45) is 5.92 Å². The van der Waals surface area contributed by atoms with Gasteiger partial charge in [0.25, 0.3) is 0 Å². The number of amides is 1. The van der Waals surface area contributed by atoms with Crippen LogP contribution >= 0.6 is 15.9 Å². The lowest BCUT2D eigenvalue weighted by molar-refractivity contribution is -0.121. The summed E-state index contributed by atoms with van der Waals surface area (Å²) in [5.74, 6) is 0.291. The van der Waals surface area contributed by atoms with Gasteiger partial charge in [0.05, 0.1) is 0 Å². The van der Waals surface area contributed by atoms with Crippen LogP contribution in [0.5, 0.6) is 0 Å². The molecule has 1 aromatic carbocycles. The van der Waals surface area contributed by atoms with E-state index in [2.05, 4.69) is 52.4 Å². The Hall–Kier alpha value is -1.35. The number of fused-ring (bicyclic) bond motifs is 1. The summed E-state index contributed by atoms with van der Waals surface area (Å²) in [6.07, 6.45) is 7.77. The van der Waals surface area contributed by atoms with Gasteiger partial charge in [-0.15, -0.1) is 0 Å². The van der Waals surface area contributed by atoms with Gasteiger partial charge in [0.15, 0.2) is 0 Å². The monoisotopic (exact) mass is 317 g/mol. The molecule has 19 heavy (non-hydrogen) atoms. The number of hydrogen-bond donors (Lipinski definition) is 1. The second-order valence-electron chi connectivity index (χ2n) is 5.32. The number of alkyl halides is 1. The molecular weight excluding hydrogens is 302 g/mol. The fourth-order valence-electron chi connectivity index (χ4n) is 2.91. The standard InChI is InChI=1S/C16H16BrNO/c1-11-5-4-6-12(9-11)10-16(17)13-7-2-3-8-14(13)18-15(16)19/h2-6,8-9,13H,7,10H2,1H3,(H,18,19). The molecule has 0 aromatic heterocycles. The molecule has 3 heteroatoms. The minimum atomic E-state index is -0.516. The zero-order chi connectivity index (χ0) is 13.5. The minimum Gasteiger partial charge on any atom is -0.328 e. The molecule has 1 N–H and O–H groups in total. The molecule has 0 bridgehead atoms. The van der Waals surface area contributed by atoms with Crippen LogP contribution in [0.25, 0.3) is 0 Å². The zero-order valence-corrected chi connectivity index (χ0v) is 12.4. The molecular formula is C16H16BrNO. The average Bonchev–Trinajstić information content (AvgIpc) is 2.62. The van der Waals surface area contributed by atoms with Gasteiger partial charge in [0.2, 0.25) is 5.91 Å². The van der Waals surface area contributed by atoms with E-state index in [1.807, 2.05) is 18.2 Å². The summed E-state index contributed by atoms with van der Waals surface area (Å²) >= 11 is 3.73. The highest BCUT2D eigenvalue weighted by atomic mass is 79.9. The fraction of sp³-hybridized carbons (Fsp3) is 0.312. The second kappa shape index (κ2) is 4.64. The van der Waals surface area contributed by atoms with Gasteiger partial charge in [0.1, 0.15) is 4.32 Å². The summed E-state index contributed by atoms with van der Waals surface area (Å²) in [7, 11) is 0. The third-order valence-corrected chi connectivity index (χ3v) is 5.08. The van der Waals surface area contributed by atoms with E-state index in [-0.39, 0.29) is 11.8 Å². The van der Waals surface area contributed by atoms with Crippen molar-refractivity contribution < 1.29 is 4.79 Å². The molecule has 2 atom stereocenters. The Morgan fingerprint density at radius 3 is 3.11 bits per heavy atom. The third kappa shape index (κ3) is 2.16. The molecule has 1 aliphatic carbocycles. The molecule has 0 spiro atoms. The normalized spacial score (nSPS) is 28.8. The summed E-state index contributed by atoms with van der Waals surface area (Å²) in [5.41, 5.74) is 3.46. The Labute approximate surface area is 121 Å². The molecule has 3 rings (SSSR count). The highest BCUT2D eigenvalue weighted by Gasteiger charge is 2.50. The van der Waals surface area contributed by atoms with Crippen LogP contribution in [0.1, 0.15) is 17.5 Å². The van der Waals surface area contributed by atoms with Gasteiger partial charge in [0, 0.05) is 11.6 Å². The number of allylic oxidation sites excluding steroid dienone is 4. The molecule has 0 radical (unpaired) electrons. The van der Waals surface area contributed by atoms with Gasteiger partial charge in [-0.25, -0.2) is 0 Å². The summed E-state index contributed by atoms with van der Waals surface area (Å²) in [6.45, 7) is 2.08. The van der Waals surface area contributed by atoms with Crippen LogP contribution in [0.4, 0.5) is 0 Å². The summed E-state index contributed by atoms with van der Waals surface area (Å²) in [5, 5.41) is 3.01. The van der Waals surface area contributed by atoms with Crippen molar-refractivity contribution in [1.82, 2.24) is 5.32 Å². The van der Waals surface area contributed by atoms with Gasteiger partial charge in [-0.3, -0.25) is 4.79 Å². The number of carbonyl (C=O) groups excluding carboxylic acids is 1. The lowest BCUT2D eigenvalue weighted by atomic mass is 9.83. The molecule has 0 saturated carbocycles. The Balaban J connectivity index is 1.92. The Morgan fingerprint density at radius 1 is 1.47 bits per heavy atom. The first-order valence-electron chi connectivity index (χ1n) is 6.52. The van der Waals surface area contributed by atoms with E-state index in [4.69, 9.17) is 0 Å². The second-order valence-corrected chi connectivity index (χ2v) is 6.74. The number of aryl methyl sites for hydroxylation is 1. The number of nitrogens with one attached hydrogen (secondary N) is 1. The number of hydrogen-bond acceptors (Lipinski definition) is 1. The molecule has 2 aliphatic rings. The molecule has 1 saturated heterocycles. The lowest BCUT2D eigenvalue weighted by Gasteiger charge is -2.27. The van der Waals surface area contributed by atoms with E-state index >= 15 is 0 Å². The molecule has 1 heterocycles. The van der Waals surface area contributed by atoms with Crippen LogP contribution < -0.4 is 5.32 Å². The smallest absolute Gasteiger partial charge is 0.242 e. The maximum absolute atomic E-state index is 12.3. The van der Waals surface area contributed by atoms with E-state index < -0.39 is 4.32 Å². The van der Waals surface area contributed by atoms with E-state index in [0.717, 1.165) is 18.5 Å². The van der Waals surface area contributed by atoms with Crippen molar-refractivity contribution in [2.45, 2.75) is 24.1 Å². The lowest BCUT2D eigenvalue weighted by Crippen LogP contribution is -2.38. The van der Waals surface area contributed by atoms with Crippen molar-refractivity contribution >= 4 is 21.8 Å². The van der Waals surface area contributed by atoms with E-state index in [9.17, 15) is 4.79 Å². The SMILES string of the molecule is Cc1cccc(CC2(Br)C(=O)NC3=CC=CCC32)c1. The van der Waals surface area contributed by atoms with Crippen LogP contribution in [-0.4, -0.2) is 10.2 Å². The fourth-order valence-corrected chi connectivity index (χ4v) is 3.76. The summed E-state index contributed by atoms with van der Waals surface area (Å²) < 4.78 is -0.516. The van der Waals surface area contributed by atoms with Crippen LogP contribution in [-0.2, 0) is 11.2 Å². The Morgan fingerprint density at radius 2 is 2.32 bits per heavy atom. The molecule has 2 nitrogen and oxygen atoms in total. The number of halogens is 1. The Kier molecular flexibility index (Phi) is 3.09. The minimum absolute atomic E-state index is 0.0777. The van der Waals surface area contributed by atoms with Crippen LogP contribution in [0.2, 0.25) is 0 Å². The predicted octanol–water partition coefficient (Wildman–Crippen LogP) is 3.26. The van der Waals surface area contributed by atoms with Crippen LogP contribution in [0.15, 0.2) is 48.2 Å². The van der Waals surface area contributed by atoms with E-state index in [1.54, 1.807) is 0 Å². The largest absolute Gasteiger partial charge is 0.328 e. The molecule has 1 aromatic rings. The highest BCUT2D eigenvalue weighted by Crippen LogP contribution is 2.44. The Bertz CT molecular complexity index is 590. The van der Waals surface area contributed by atoms with E-state index in [0.29, 0.717) is 0 Å². The summed E-state index contributed by atoms with van der Waals surface area (Å²) in [4.78, 5) is 12.3. The van der Waals surface area contributed by atoms with Crippen molar-refractivity contribution in [2.75, 3.05) is 0 Å². The van der Waals surface area contributed by atoms with Gasteiger partial charge in [-0.2, -0.15) is 0 Å². The third-order valence-electron chi connectivity index (χ3n) is 3.89. The maximum atomic E-state index is 12.3. The molecule has 1 amide bonds. The van der Waals surface area contributed by atoms with Gasteiger partial charge < -0.3 is 5.32 Å². The first kappa shape index (κ1) is 12.7. The van der Waals surface area contributed by atoms with E-state index in [1.165, 1.54) is 11.1 Å². The zero-order valence-electron chi connectivity index (χ0n) is 10.8. The van der Waals surface area contributed by atoms with Crippen molar-refractivity contribution in [3.8, 4) is 0 Å². The molecule has 2 unspecified atom stereocenters. The summed E-state index contributed by atoms with van der Waals surface area (Å²) in [6, 6.07) is 8.36. The topological polar surface area (TPSA) is 29.1 Å².